The fraction of sp³-hybridized carbons (Fsp3) is 0.350. The normalized spacial score (nSPS) is 20.4. The minimum absolute atomic E-state index is 0.0185. The van der Waals surface area contributed by atoms with Gasteiger partial charge in [-0.2, -0.15) is 0 Å². The minimum Gasteiger partial charge on any atom is -0.504 e. The number of nitrogens with zero attached hydrogens (tertiary/aromatic N) is 1. The van der Waals surface area contributed by atoms with Crippen molar-refractivity contribution in [3.05, 3.63) is 58.6 Å². The third-order valence-electron chi connectivity index (χ3n) is 4.50. The SMILES string of the molecule is COc1cccc([C@H]2CC(c3ccc(Cl)cc3)=N[C@H](C(C)C)N2)c1O. The van der Waals surface area contributed by atoms with E-state index in [1.54, 1.807) is 13.2 Å². The van der Waals surface area contributed by atoms with E-state index in [0.29, 0.717) is 23.1 Å². The van der Waals surface area contributed by atoms with Crippen molar-refractivity contribution in [2.45, 2.75) is 32.5 Å². The van der Waals surface area contributed by atoms with Gasteiger partial charge in [0.1, 0.15) is 6.17 Å². The Morgan fingerprint density at radius 3 is 2.56 bits per heavy atom. The van der Waals surface area contributed by atoms with Crippen LogP contribution in [0.25, 0.3) is 0 Å². The van der Waals surface area contributed by atoms with Gasteiger partial charge in [-0.1, -0.05) is 49.7 Å². The summed E-state index contributed by atoms with van der Waals surface area (Å²) in [7, 11) is 1.56. The third kappa shape index (κ3) is 3.80. The number of halogens is 1. The number of nitrogens with one attached hydrogen (secondary N) is 1. The molecular weight excluding hydrogens is 336 g/mol. The zero-order valence-electron chi connectivity index (χ0n) is 14.7. The molecule has 5 heteroatoms. The second kappa shape index (κ2) is 7.46. The molecule has 132 valence electrons. The molecule has 0 radical (unpaired) electrons. The Morgan fingerprint density at radius 2 is 1.92 bits per heavy atom. The van der Waals surface area contributed by atoms with Crippen molar-refractivity contribution >= 4 is 17.3 Å². The molecule has 0 aliphatic carbocycles. The summed E-state index contributed by atoms with van der Waals surface area (Å²) < 4.78 is 5.25. The van der Waals surface area contributed by atoms with Gasteiger partial charge in [0.25, 0.3) is 0 Å². The van der Waals surface area contributed by atoms with E-state index in [-0.39, 0.29) is 18.0 Å². The van der Waals surface area contributed by atoms with E-state index in [9.17, 15) is 5.11 Å². The minimum atomic E-state index is -0.0364. The number of aliphatic imine (C=N–C) groups is 1. The van der Waals surface area contributed by atoms with Crippen LogP contribution in [-0.2, 0) is 0 Å². The van der Waals surface area contributed by atoms with Gasteiger partial charge < -0.3 is 9.84 Å². The van der Waals surface area contributed by atoms with Crippen molar-refractivity contribution in [1.82, 2.24) is 5.32 Å². The monoisotopic (exact) mass is 358 g/mol. The third-order valence-corrected chi connectivity index (χ3v) is 4.75. The summed E-state index contributed by atoms with van der Waals surface area (Å²) in [5, 5.41) is 14.8. The number of phenols is 1. The van der Waals surface area contributed by atoms with Gasteiger partial charge in [0, 0.05) is 28.8 Å². The summed E-state index contributed by atoms with van der Waals surface area (Å²) in [4.78, 5) is 4.88. The molecule has 0 amide bonds. The van der Waals surface area contributed by atoms with Crippen molar-refractivity contribution < 1.29 is 9.84 Å². The fourth-order valence-electron chi connectivity index (χ4n) is 3.08. The van der Waals surface area contributed by atoms with Crippen LogP contribution in [0.3, 0.4) is 0 Å². The molecule has 0 saturated heterocycles. The standard InChI is InChI=1S/C20H23ClN2O2/c1-12(2)20-22-16(13-7-9-14(21)10-8-13)11-17(23-20)15-5-4-6-18(25-3)19(15)24/h4-10,12,17,20,23-24H,11H2,1-3H3/t17-,20+/m1/s1. The molecule has 0 saturated carbocycles. The van der Waals surface area contributed by atoms with E-state index in [1.165, 1.54) is 0 Å². The number of phenolic OH excluding ortho intramolecular Hbond substituents is 1. The van der Waals surface area contributed by atoms with Gasteiger partial charge in [0.15, 0.2) is 11.5 Å². The first-order chi connectivity index (χ1) is 12.0. The molecule has 0 bridgehead atoms. The van der Waals surface area contributed by atoms with Crippen molar-refractivity contribution in [2.24, 2.45) is 10.9 Å². The Labute approximate surface area is 153 Å². The number of ether oxygens (including phenoxy) is 1. The number of benzene rings is 2. The smallest absolute Gasteiger partial charge is 0.162 e. The maximum absolute atomic E-state index is 10.5. The number of hydrogen-bond acceptors (Lipinski definition) is 4. The molecule has 0 spiro atoms. The first-order valence-corrected chi connectivity index (χ1v) is 8.82. The van der Waals surface area contributed by atoms with E-state index in [0.717, 1.165) is 16.8 Å². The Morgan fingerprint density at radius 1 is 1.20 bits per heavy atom. The van der Waals surface area contributed by atoms with Crippen LogP contribution in [0.1, 0.15) is 37.4 Å². The molecule has 1 aliphatic rings. The van der Waals surface area contributed by atoms with Crippen LogP contribution < -0.4 is 10.1 Å². The van der Waals surface area contributed by atoms with Crippen molar-refractivity contribution in [3.8, 4) is 11.5 Å². The number of hydrogen-bond donors (Lipinski definition) is 2. The van der Waals surface area contributed by atoms with E-state index in [2.05, 4.69) is 19.2 Å². The summed E-state index contributed by atoms with van der Waals surface area (Å²) >= 11 is 6.01. The summed E-state index contributed by atoms with van der Waals surface area (Å²) in [5.74, 6) is 0.996. The van der Waals surface area contributed by atoms with Crippen LogP contribution in [0.5, 0.6) is 11.5 Å². The molecule has 2 aromatic rings. The van der Waals surface area contributed by atoms with Crippen LogP contribution in [0, 0.1) is 5.92 Å². The molecule has 4 nitrogen and oxygen atoms in total. The molecule has 1 heterocycles. The second-order valence-corrected chi connectivity index (χ2v) is 7.03. The molecule has 0 fully saturated rings. The van der Waals surface area contributed by atoms with Crippen LogP contribution in [0.2, 0.25) is 5.02 Å². The average Bonchev–Trinajstić information content (AvgIpc) is 2.62. The lowest BCUT2D eigenvalue weighted by molar-refractivity contribution is 0.335. The fourth-order valence-corrected chi connectivity index (χ4v) is 3.20. The Bertz CT molecular complexity index is 772. The highest BCUT2D eigenvalue weighted by molar-refractivity contribution is 6.30. The molecule has 1 aliphatic heterocycles. The molecule has 2 N–H and O–H groups in total. The number of para-hydroxylation sites is 1. The zero-order valence-corrected chi connectivity index (χ0v) is 15.4. The Kier molecular flexibility index (Phi) is 5.30. The maximum atomic E-state index is 10.5. The van der Waals surface area contributed by atoms with Gasteiger partial charge in [-0.05, 0) is 29.7 Å². The summed E-state index contributed by atoms with van der Waals surface area (Å²) in [6.07, 6.45) is 0.668. The highest BCUT2D eigenvalue weighted by Crippen LogP contribution is 2.37. The van der Waals surface area contributed by atoms with Crippen molar-refractivity contribution in [1.29, 1.82) is 0 Å². The highest BCUT2D eigenvalue weighted by atomic mass is 35.5. The van der Waals surface area contributed by atoms with E-state index >= 15 is 0 Å². The Balaban J connectivity index is 1.97. The first kappa shape index (κ1) is 17.8. The number of methoxy groups -OCH3 is 1. The molecule has 0 unspecified atom stereocenters. The van der Waals surface area contributed by atoms with E-state index < -0.39 is 0 Å². The van der Waals surface area contributed by atoms with Crippen LogP contribution in [-0.4, -0.2) is 24.1 Å². The predicted octanol–water partition coefficient (Wildman–Crippen LogP) is 4.56. The van der Waals surface area contributed by atoms with Gasteiger partial charge in [0.05, 0.1) is 7.11 Å². The van der Waals surface area contributed by atoms with Crippen LogP contribution in [0.15, 0.2) is 47.5 Å². The molecule has 2 aromatic carbocycles. The Hall–Kier alpha value is -2.04. The summed E-state index contributed by atoms with van der Waals surface area (Å²) in [5.41, 5.74) is 2.90. The van der Waals surface area contributed by atoms with E-state index in [1.807, 2.05) is 36.4 Å². The van der Waals surface area contributed by atoms with E-state index in [4.69, 9.17) is 21.3 Å². The van der Waals surface area contributed by atoms with Gasteiger partial charge in [0.2, 0.25) is 0 Å². The zero-order chi connectivity index (χ0) is 18.0. The van der Waals surface area contributed by atoms with Crippen LogP contribution in [0.4, 0.5) is 0 Å². The van der Waals surface area contributed by atoms with Crippen molar-refractivity contribution in [2.75, 3.05) is 7.11 Å². The number of aromatic hydroxyl groups is 1. The van der Waals surface area contributed by atoms with Gasteiger partial charge >= 0.3 is 0 Å². The quantitative estimate of drug-likeness (QED) is 0.842. The van der Waals surface area contributed by atoms with Crippen molar-refractivity contribution in [3.63, 3.8) is 0 Å². The summed E-state index contributed by atoms with van der Waals surface area (Å²) in [6.45, 7) is 4.27. The lowest BCUT2D eigenvalue weighted by Crippen LogP contribution is -2.41. The van der Waals surface area contributed by atoms with Gasteiger partial charge in [-0.3, -0.25) is 10.3 Å². The predicted molar refractivity (Wildman–Crippen MR) is 102 cm³/mol. The molecule has 2 atom stereocenters. The lowest BCUT2D eigenvalue weighted by atomic mass is 9.93. The van der Waals surface area contributed by atoms with Gasteiger partial charge in [-0.15, -0.1) is 0 Å². The molecule has 25 heavy (non-hydrogen) atoms. The van der Waals surface area contributed by atoms with Gasteiger partial charge in [-0.25, -0.2) is 0 Å². The highest BCUT2D eigenvalue weighted by Gasteiger charge is 2.28. The average molecular weight is 359 g/mol. The maximum Gasteiger partial charge on any atom is 0.162 e. The van der Waals surface area contributed by atoms with Crippen LogP contribution >= 0.6 is 11.6 Å². The molecule has 0 aromatic heterocycles. The summed E-state index contributed by atoms with van der Waals surface area (Å²) in [6, 6.07) is 13.3. The largest absolute Gasteiger partial charge is 0.504 e. The lowest BCUT2D eigenvalue weighted by Gasteiger charge is -2.32. The molecular formula is C20H23ClN2O2. The number of rotatable bonds is 4. The molecule has 3 rings (SSSR count). The first-order valence-electron chi connectivity index (χ1n) is 8.44. The second-order valence-electron chi connectivity index (χ2n) is 6.59. The topological polar surface area (TPSA) is 53.8 Å².